The summed E-state index contributed by atoms with van der Waals surface area (Å²) in [7, 11) is 0. The van der Waals surface area contributed by atoms with Crippen LogP contribution in [0, 0.1) is 0 Å². The van der Waals surface area contributed by atoms with Crippen LogP contribution in [0.2, 0.25) is 0 Å². The quantitative estimate of drug-likeness (QED) is 0.804. The molecule has 2 aromatic carbocycles. The van der Waals surface area contributed by atoms with Gasteiger partial charge in [0.15, 0.2) is 11.5 Å². The molecule has 1 atom stereocenters. The molecule has 0 amide bonds. The summed E-state index contributed by atoms with van der Waals surface area (Å²) in [5.74, 6) is 1.62. The summed E-state index contributed by atoms with van der Waals surface area (Å²) in [5, 5.41) is 3.56. The molecule has 0 saturated carbocycles. The molecule has 22 heavy (non-hydrogen) atoms. The maximum Gasteiger partial charge on any atom is 0.231 e. The Labute approximate surface area is 139 Å². The Hall–Kier alpha value is -1.78. The van der Waals surface area contributed by atoms with Gasteiger partial charge in [-0.15, -0.1) is 6.58 Å². The lowest BCUT2D eigenvalue weighted by molar-refractivity contribution is 0.174. The third-order valence-corrected chi connectivity index (χ3v) is 4.48. The number of ether oxygens (including phenoxy) is 2. The minimum absolute atomic E-state index is 0.295. The van der Waals surface area contributed by atoms with Crippen molar-refractivity contribution in [2.45, 2.75) is 19.0 Å². The first-order chi connectivity index (χ1) is 10.6. The third-order valence-electron chi connectivity index (χ3n) is 3.95. The number of fused-ring (bicyclic) bond motifs is 1. The van der Waals surface area contributed by atoms with E-state index >= 15 is 0 Å². The van der Waals surface area contributed by atoms with Crippen LogP contribution in [0.3, 0.4) is 0 Å². The van der Waals surface area contributed by atoms with E-state index in [2.05, 4.69) is 46.9 Å². The van der Waals surface area contributed by atoms with Gasteiger partial charge in [0, 0.05) is 11.0 Å². The molecule has 2 aromatic rings. The summed E-state index contributed by atoms with van der Waals surface area (Å²) < 4.78 is 11.8. The second-order valence-electron chi connectivity index (χ2n) is 5.45. The van der Waals surface area contributed by atoms with Gasteiger partial charge >= 0.3 is 0 Å². The van der Waals surface area contributed by atoms with Crippen molar-refractivity contribution in [2.75, 3.05) is 6.79 Å². The topological polar surface area (TPSA) is 30.5 Å². The van der Waals surface area contributed by atoms with Crippen LogP contribution in [-0.2, 0) is 12.1 Å². The van der Waals surface area contributed by atoms with Gasteiger partial charge in [0.1, 0.15) is 0 Å². The molecule has 1 unspecified atom stereocenters. The molecular formula is C18H18BrNO2. The highest BCUT2D eigenvalue weighted by Crippen LogP contribution is 2.33. The largest absolute Gasteiger partial charge is 0.454 e. The van der Waals surface area contributed by atoms with Gasteiger partial charge in [-0.1, -0.05) is 40.2 Å². The first-order valence-corrected chi connectivity index (χ1v) is 7.93. The molecule has 1 aliphatic rings. The molecule has 0 radical (unpaired) electrons. The summed E-state index contributed by atoms with van der Waals surface area (Å²) in [6.07, 6.45) is 1.93. The van der Waals surface area contributed by atoms with Crippen LogP contribution in [-0.4, -0.2) is 6.79 Å². The molecule has 3 rings (SSSR count). The van der Waals surface area contributed by atoms with Crippen LogP contribution < -0.4 is 14.8 Å². The summed E-state index contributed by atoms with van der Waals surface area (Å²) in [4.78, 5) is 0. The Kier molecular flexibility index (Phi) is 4.23. The lowest BCUT2D eigenvalue weighted by Crippen LogP contribution is -2.37. The zero-order valence-corrected chi connectivity index (χ0v) is 14.0. The van der Waals surface area contributed by atoms with Gasteiger partial charge < -0.3 is 14.8 Å². The fraction of sp³-hybridized carbons (Fsp3) is 0.222. The fourth-order valence-electron chi connectivity index (χ4n) is 2.42. The van der Waals surface area contributed by atoms with Gasteiger partial charge in [0.25, 0.3) is 0 Å². The first kappa shape index (κ1) is 15.1. The summed E-state index contributed by atoms with van der Waals surface area (Å²) in [6.45, 7) is 7.12. The predicted molar refractivity (Wildman–Crippen MR) is 91.1 cm³/mol. The van der Waals surface area contributed by atoms with E-state index < -0.39 is 0 Å². The van der Waals surface area contributed by atoms with Gasteiger partial charge in [-0.2, -0.15) is 0 Å². The Bertz CT molecular complexity index is 684. The van der Waals surface area contributed by atoms with Crippen LogP contribution in [0.5, 0.6) is 11.5 Å². The minimum Gasteiger partial charge on any atom is -0.454 e. The predicted octanol–water partition coefficient (Wildman–Crippen LogP) is 4.37. The Morgan fingerprint density at radius 3 is 2.64 bits per heavy atom. The number of halogens is 1. The van der Waals surface area contributed by atoms with Crippen molar-refractivity contribution in [2.24, 2.45) is 0 Å². The molecular weight excluding hydrogens is 342 g/mol. The van der Waals surface area contributed by atoms with Crippen molar-refractivity contribution in [1.82, 2.24) is 5.32 Å². The monoisotopic (exact) mass is 359 g/mol. The highest BCUT2D eigenvalue weighted by atomic mass is 79.9. The summed E-state index contributed by atoms with van der Waals surface area (Å²) in [6, 6.07) is 14.3. The van der Waals surface area contributed by atoms with Crippen molar-refractivity contribution in [3.8, 4) is 11.5 Å². The van der Waals surface area contributed by atoms with E-state index in [9.17, 15) is 0 Å². The second kappa shape index (κ2) is 6.15. The maximum atomic E-state index is 5.42. The van der Waals surface area contributed by atoms with Crippen molar-refractivity contribution < 1.29 is 9.47 Å². The van der Waals surface area contributed by atoms with Crippen LogP contribution in [0.4, 0.5) is 0 Å². The van der Waals surface area contributed by atoms with Crippen LogP contribution >= 0.6 is 15.9 Å². The molecule has 0 aliphatic carbocycles. The van der Waals surface area contributed by atoms with Crippen LogP contribution in [0.15, 0.2) is 59.6 Å². The van der Waals surface area contributed by atoms with Gasteiger partial charge in [-0.05, 0) is 42.3 Å². The Balaban J connectivity index is 1.75. The molecule has 1 N–H and O–H groups in total. The van der Waals surface area contributed by atoms with Gasteiger partial charge in [-0.3, -0.25) is 0 Å². The minimum atomic E-state index is -0.295. The Morgan fingerprint density at radius 1 is 1.18 bits per heavy atom. The molecule has 114 valence electrons. The van der Waals surface area contributed by atoms with Crippen molar-refractivity contribution in [3.63, 3.8) is 0 Å². The summed E-state index contributed by atoms with van der Waals surface area (Å²) >= 11 is 3.47. The molecule has 0 spiro atoms. The van der Waals surface area contributed by atoms with Gasteiger partial charge in [0.05, 0.1) is 5.54 Å². The summed E-state index contributed by atoms with van der Waals surface area (Å²) in [5.41, 5.74) is 2.03. The number of nitrogens with one attached hydrogen (secondary N) is 1. The number of hydrogen-bond donors (Lipinski definition) is 1. The zero-order valence-electron chi connectivity index (χ0n) is 12.4. The van der Waals surface area contributed by atoms with E-state index in [-0.39, 0.29) is 5.54 Å². The van der Waals surface area contributed by atoms with E-state index in [1.807, 2.05) is 36.4 Å². The van der Waals surface area contributed by atoms with Crippen LogP contribution in [0.1, 0.15) is 18.1 Å². The standard InChI is InChI=1S/C18H18BrNO2/c1-3-18(2,14-5-7-15(19)8-6-14)20-11-13-4-9-16-17(10-13)22-12-21-16/h3-10,20H,1,11-12H2,2H3. The van der Waals surface area contributed by atoms with Crippen molar-refractivity contribution in [3.05, 3.63) is 70.7 Å². The average molecular weight is 360 g/mol. The van der Waals surface area contributed by atoms with E-state index in [4.69, 9.17) is 9.47 Å². The van der Waals surface area contributed by atoms with Crippen molar-refractivity contribution in [1.29, 1.82) is 0 Å². The zero-order chi connectivity index (χ0) is 15.6. The fourth-order valence-corrected chi connectivity index (χ4v) is 2.69. The van der Waals surface area contributed by atoms with E-state index in [0.29, 0.717) is 6.79 Å². The normalized spacial score (nSPS) is 15.4. The first-order valence-electron chi connectivity index (χ1n) is 7.14. The number of hydrogen-bond acceptors (Lipinski definition) is 3. The van der Waals surface area contributed by atoms with E-state index in [1.165, 1.54) is 5.56 Å². The lowest BCUT2D eigenvalue weighted by Gasteiger charge is -2.28. The molecule has 1 aliphatic heterocycles. The number of benzene rings is 2. The highest BCUT2D eigenvalue weighted by Gasteiger charge is 2.22. The highest BCUT2D eigenvalue weighted by molar-refractivity contribution is 9.10. The smallest absolute Gasteiger partial charge is 0.231 e. The molecule has 0 bridgehead atoms. The van der Waals surface area contributed by atoms with E-state index in [1.54, 1.807) is 0 Å². The molecule has 0 saturated heterocycles. The van der Waals surface area contributed by atoms with Gasteiger partial charge in [0.2, 0.25) is 6.79 Å². The average Bonchev–Trinajstić information content (AvgIpc) is 3.01. The SMILES string of the molecule is C=CC(C)(NCc1ccc2c(c1)OCO2)c1ccc(Br)cc1. The van der Waals surface area contributed by atoms with Crippen LogP contribution in [0.25, 0.3) is 0 Å². The molecule has 3 nitrogen and oxygen atoms in total. The molecule has 4 heteroatoms. The van der Waals surface area contributed by atoms with Crippen molar-refractivity contribution >= 4 is 15.9 Å². The second-order valence-corrected chi connectivity index (χ2v) is 6.37. The lowest BCUT2D eigenvalue weighted by atomic mass is 9.92. The number of rotatable bonds is 5. The van der Waals surface area contributed by atoms with Gasteiger partial charge in [-0.25, -0.2) is 0 Å². The molecule has 0 aromatic heterocycles. The molecule has 0 fully saturated rings. The molecule has 1 heterocycles. The maximum absolute atomic E-state index is 5.42. The third kappa shape index (κ3) is 3.03. The van der Waals surface area contributed by atoms with E-state index in [0.717, 1.165) is 28.1 Å². The Morgan fingerprint density at radius 2 is 1.91 bits per heavy atom.